The fourth-order valence-corrected chi connectivity index (χ4v) is 3.76. The predicted octanol–water partition coefficient (Wildman–Crippen LogP) is 3.92. The van der Waals surface area contributed by atoms with E-state index in [0.29, 0.717) is 6.61 Å². The molecule has 0 radical (unpaired) electrons. The molecule has 0 aliphatic carbocycles. The van der Waals surface area contributed by atoms with Gasteiger partial charge in [0.25, 0.3) is 0 Å². The molecule has 3 rings (SSSR count). The maximum absolute atomic E-state index is 11.9. The lowest BCUT2D eigenvalue weighted by Gasteiger charge is -2.26. The molecule has 0 bridgehead atoms. The van der Waals surface area contributed by atoms with Crippen LogP contribution in [0.2, 0.25) is 0 Å². The number of hydrogen-bond acceptors (Lipinski definition) is 8. The van der Waals surface area contributed by atoms with Crippen LogP contribution in [0.3, 0.4) is 0 Å². The first-order valence-corrected chi connectivity index (χ1v) is 12.4. The lowest BCUT2D eigenvalue weighted by Crippen LogP contribution is -2.36. The highest BCUT2D eigenvalue weighted by molar-refractivity contribution is 5.83. The van der Waals surface area contributed by atoms with Crippen molar-refractivity contribution in [3.63, 3.8) is 0 Å². The van der Waals surface area contributed by atoms with Gasteiger partial charge in [-0.15, -0.1) is 0 Å². The van der Waals surface area contributed by atoms with Crippen LogP contribution in [0.15, 0.2) is 72.8 Å². The summed E-state index contributed by atoms with van der Waals surface area (Å²) >= 11 is 0. The Bertz CT molecular complexity index is 1150. The number of rotatable bonds is 11. The molecule has 0 saturated carbocycles. The Morgan fingerprint density at radius 1 is 0.921 bits per heavy atom. The zero-order valence-electron chi connectivity index (χ0n) is 21.7. The van der Waals surface area contributed by atoms with Crippen LogP contribution in [0.4, 0.5) is 0 Å². The number of carbonyl (C=O) groups is 3. The van der Waals surface area contributed by atoms with Crippen molar-refractivity contribution in [2.45, 2.75) is 70.9 Å². The second kappa shape index (κ2) is 14.7. The number of hydrogen-bond donors (Lipinski definition) is 0. The van der Waals surface area contributed by atoms with E-state index in [9.17, 15) is 14.4 Å². The Hall–Kier alpha value is -3.93. The van der Waals surface area contributed by atoms with Crippen molar-refractivity contribution in [2.24, 2.45) is 0 Å². The SMILES string of the molecule is CC(=O)O[C@H](C#C[C@@H]1OC(=O)C=C[C@@H]1OCc1ccccc1)C[C@@H](OCc1ccccc1)[C@H](C)OC(C)=O. The molecule has 200 valence electrons. The third kappa shape index (κ3) is 9.85. The third-order valence-electron chi connectivity index (χ3n) is 5.57. The average Bonchev–Trinajstić information content (AvgIpc) is 2.89. The van der Waals surface area contributed by atoms with E-state index >= 15 is 0 Å². The van der Waals surface area contributed by atoms with Gasteiger partial charge in [-0.2, -0.15) is 0 Å². The van der Waals surface area contributed by atoms with Crippen LogP contribution in [0.1, 0.15) is 38.3 Å². The summed E-state index contributed by atoms with van der Waals surface area (Å²) in [6, 6.07) is 19.1. The smallest absolute Gasteiger partial charge is 0.331 e. The van der Waals surface area contributed by atoms with Gasteiger partial charge in [0, 0.05) is 26.3 Å². The Labute approximate surface area is 222 Å². The van der Waals surface area contributed by atoms with Crippen molar-refractivity contribution < 1.29 is 38.1 Å². The Morgan fingerprint density at radius 2 is 1.53 bits per heavy atom. The van der Waals surface area contributed by atoms with E-state index in [1.54, 1.807) is 13.0 Å². The van der Waals surface area contributed by atoms with Crippen LogP contribution >= 0.6 is 0 Å². The number of carbonyl (C=O) groups excluding carboxylic acids is 3. The van der Waals surface area contributed by atoms with Gasteiger partial charge in [0.05, 0.1) is 19.3 Å². The number of cyclic esters (lactones) is 1. The third-order valence-corrected chi connectivity index (χ3v) is 5.57. The molecule has 0 amide bonds. The second-order valence-corrected chi connectivity index (χ2v) is 8.75. The molecule has 1 aliphatic rings. The second-order valence-electron chi connectivity index (χ2n) is 8.75. The van der Waals surface area contributed by atoms with E-state index in [4.69, 9.17) is 23.7 Å². The Morgan fingerprint density at radius 3 is 2.13 bits per heavy atom. The monoisotopic (exact) mass is 520 g/mol. The van der Waals surface area contributed by atoms with Gasteiger partial charge < -0.3 is 23.7 Å². The summed E-state index contributed by atoms with van der Waals surface area (Å²) in [6.07, 6.45) is -0.655. The molecule has 2 aromatic rings. The average molecular weight is 521 g/mol. The lowest BCUT2D eigenvalue weighted by molar-refractivity contribution is -0.158. The normalized spacial score (nSPS) is 18.8. The summed E-state index contributed by atoms with van der Waals surface area (Å²) in [5.74, 6) is 4.26. The van der Waals surface area contributed by atoms with E-state index in [1.165, 1.54) is 19.9 Å². The van der Waals surface area contributed by atoms with E-state index in [-0.39, 0.29) is 13.0 Å². The van der Waals surface area contributed by atoms with Crippen LogP contribution in [-0.2, 0) is 51.3 Å². The standard InChI is InChI=1S/C30H32O8/c1-21(36-22(2)31)29(35-20-25-12-8-5-9-13-25)18-26(37-23(3)32)14-15-28-27(16-17-30(33)38-28)34-19-24-10-6-4-7-11-24/h4-13,16-17,21,26-29H,18-20H2,1-3H3/t21-,26+,27-,28-,29+/m0/s1. The van der Waals surface area contributed by atoms with Crippen molar-refractivity contribution in [3.05, 3.63) is 83.9 Å². The van der Waals surface area contributed by atoms with Gasteiger partial charge in [0.1, 0.15) is 12.2 Å². The molecule has 38 heavy (non-hydrogen) atoms. The summed E-state index contributed by atoms with van der Waals surface area (Å²) in [5, 5.41) is 0. The molecule has 5 atom stereocenters. The molecule has 1 heterocycles. The van der Waals surface area contributed by atoms with E-state index in [2.05, 4.69) is 11.8 Å². The maximum Gasteiger partial charge on any atom is 0.331 e. The van der Waals surface area contributed by atoms with Crippen LogP contribution in [0.25, 0.3) is 0 Å². The minimum Gasteiger partial charge on any atom is -0.460 e. The summed E-state index contributed by atoms with van der Waals surface area (Å²) in [4.78, 5) is 35.4. The van der Waals surface area contributed by atoms with Gasteiger partial charge in [-0.25, -0.2) is 4.79 Å². The highest BCUT2D eigenvalue weighted by atomic mass is 16.6. The summed E-state index contributed by atoms with van der Waals surface area (Å²) in [6.45, 7) is 4.86. The lowest BCUT2D eigenvalue weighted by atomic mass is 10.1. The molecule has 0 N–H and O–H groups in total. The van der Waals surface area contributed by atoms with Crippen molar-refractivity contribution in [1.82, 2.24) is 0 Å². The first-order valence-electron chi connectivity index (χ1n) is 12.4. The van der Waals surface area contributed by atoms with Crippen LogP contribution in [-0.4, -0.2) is 48.4 Å². The van der Waals surface area contributed by atoms with Gasteiger partial charge in [-0.3, -0.25) is 9.59 Å². The molecular formula is C30H32O8. The number of benzene rings is 2. The van der Waals surface area contributed by atoms with Crippen molar-refractivity contribution in [3.8, 4) is 11.8 Å². The Balaban J connectivity index is 1.75. The van der Waals surface area contributed by atoms with Gasteiger partial charge >= 0.3 is 17.9 Å². The van der Waals surface area contributed by atoms with Crippen LogP contribution < -0.4 is 0 Å². The number of ether oxygens (including phenoxy) is 5. The van der Waals surface area contributed by atoms with E-state index in [1.807, 2.05) is 60.7 Å². The molecule has 2 aromatic carbocycles. The molecule has 8 heteroatoms. The minimum atomic E-state index is -0.911. The van der Waals surface area contributed by atoms with Crippen molar-refractivity contribution in [1.29, 1.82) is 0 Å². The molecular weight excluding hydrogens is 488 g/mol. The summed E-state index contributed by atoms with van der Waals surface area (Å²) in [5.41, 5.74) is 1.89. The van der Waals surface area contributed by atoms with Crippen molar-refractivity contribution >= 4 is 17.9 Å². The highest BCUT2D eigenvalue weighted by Gasteiger charge is 2.28. The molecule has 0 saturated heterocycles. The van der Waals surface area contributed by atoms with Gasteiger partial charge in [-0.05, 0) is 24.1 Å². The number of esters is 3. The van der Waals surface area contributed by atoms with Gasteiger partial charge in [0.15, 0.2) is 12.2 Å². The molecule has 8 nitrogen and oxygen atoms in total. The molecule has 1 aliphatic heterocycles. The highest BCUT2D eigenvalue weighted by Crippen LogP contribution is 2.18. The van der Waals surface area contributed by atoms with Gasteiger partial charge in [-0.1, -0.05) is 72.5 Å². The first kappa shape index (κ1) is 28.6. The first-order chi connectivity index (χ1) is 18.3. The zero-order chi connectivity index (χ0) is 27.3. The van der Waals surface area contributed by atoms with Gasteiger partial charge in [0.2, 0.25) is 0 Å². The fourth-order valence-electron chi connectivity index (χ4n) is 3.76. The van der Waals surface area contributed by atoms with E-state index in [0.717, 1.165) is 11.1 Å². The zero-order valence-corrected chi connectivity index (χ0v) is 21.7. The molecule has 0 unspecified atom stereocenters. The van der Waals surface area contributed by atoms with Crippen molar-refractivity contribution in [2.75, 3.05) is 0 Å². The fraction of sp³-hybridized carbons (Fsp3) is 0.367. The molecule has 0 aromatic heterocycles. The predicted molar refractivity (Wildman–Crippen MR) is 138 cm³/mol. The Kier molecular flexibility index (Phi) is 11.1. The largest absolute Gasteiger partial charge is 0.460 e. The summed E-state index contributed by atoms with van der Waals surface area (Å²) < 4.78 is 28.2. The summed E-state index contributed by atoms with van der Waals surface area (Å²) in [7, 11) is 0. The van der Waals surface area contributed by atoms with Crippen LogP contribution in [0, 0.1) is 11.8 Å². The van der Waals surface area contributed by atoms with Crippen LogP contribution in [0.5, 0.6) is 0 Å². The van der Waals surface area contributed by atoms with E-state index < -0.39 is 48.4 Å². The quantitative estimate of drug-likeness (QED) is 0.250. The maximum atomic E-state index is 11.9. The minimum absolute atomic E-state index is 0.125. The molecule has 0 fully saturated rings. The topological polar surface area (TPSA) is 97.4 Å². The molecule has 0 spiro atoms.